The minimum Gasteiger partial charge on any atom is -0.390 e. The predicted octanol–water partition coefficient (Wildman–Crippen LogP) is 3.04. The normalized spacial score (nSPS) is 48.3. The molecule has 3 saturated carbocycles. The van der Waals surface area contributed by atoms with Gasteiger partial charge in [-0.25, -0.2) is 0 Å². The van der Waals surface area contributed by atoms with Crippen LogP contribution < -0.4 is 0 Å². The lowest BCUT2D eigenvalue weighted by atomic mass is 9.49. The van der Waals surface area contributed by atoms with E-state index in [1.807, 2.05) is 13.8 Å². The Morgan fingerprint density at radius 2 is 1.68 bits per heavy atom. The van der Waals surface area contributed by atoms with E-state index in [4.69, 9.17) is 4.74 Å². The summed E-state index contributed by atoms with van der Waals surface area (Å²) in [6.45, 7) is 12.9. The van der Waals surface area contributed by atoms with E-state index in [-0.39, 0.29) is 70.6 Å². The van der Waals surface area contributed by atoms with Gasteiger partial charge in [-0.15, -0.1) is 0 Å². The standard InChI is InChI=1S/C28H48O6/c1-13(2)15(4)23(30)24(31)16(5)27-22-20(19-11-18(29)8-7-17(19)12-34-27)25(32)26(33)21-14(3)9-10-28(21,22)6/h13-17,19-27,30-33H,7-12H2,1-6H3/t14-,15-,16+,17-,19+,20-,21+,22+,23-,24-,25+,26-,27+,28+/m1/s1. The molecular formula is C28H48O6. The summed E-state index contributed by atoms with van der Waals surface area (Å²) in [4.78, 5) is 12.5. The Hall–Kier alpha value is -0.530. The zero-order valence-electron chi connectivity index (χ0n) is 21.9. The summed E-state index contributed by atoms with van der Waals surface area (Å²) in [5.41, 5.74) is -0.259. The van der Waals surface area contributed by atoms with Gasteiger partial charge in [-0.1, -0.05) is 41.5 Å². The van der Waals surface area contributed by atoms with E-state index in [1.54, 1.807) is 0 Å². The molecule has 6 heteroatoms. The first-order valence-electron chi connectivity index (χ1n) is 13.8. The molecule has 4 fully saturated rings. The first kappa shape index (κ1) is 26.5. The lowest BCUT2D eigenvalue weighted by Crippen LogP contribution is -2.63. The van der Waals surface area contributed by atoms with Crippen molar-refractivity contribution in [3.8, 4) is 0 Å². The highest BCUT2D eigenvalue weighted by molar-refractivity contribution is 5.79. The average Bonchev–Trinajstić information content (AvgIpc) is 3.00. The number of ketones is 1. The zero-order chi connectivity index (χ0) is 25.1. The van der Waals surface area contributed by atoms with Crippen LogP contribution in [0.25, 0.3) is 0 Å². The fraction of sp³-hybridized carbons (Fsp3) is 0.964. The van der Waals surface area contributed by atoms with Crippen molar-refractivity contribution >= 4 is 5.78 Å². The van der Waals surface area contributed by atoms with Gasteiger partial charge >= 0.3 is 0 Å². The fourth-order valence-electron chi connectivity index (χ4n) is 8.63. The molecule has 0 unspecified atom stereocenters. The van der Waals surface area contributed by atoms with Crippen molar-refractivity contribution in [3.63, 3.8) is 0 Å². The lowest BCUT2D eigenvalue weighted by molar-refractivity contribution is -0.208. The molecule has 0 aromatic rings. The number of carbonyl (C=O) groups is 1. The molecule has 0 aromatic carbocycles. The van der Waals surface area contributed by atoms with Gasteiger partial charge in [-0.3, -0.25) is 4.79 Å². The Morgan fingerprint density at radius 1 is 1.00 bits per heavy atom. The quantitative estimate of drug-likeness (QED) is 0.482. The largest absolute Gasteiger partial charge is 0.390 e. The van der Waals surface area contributed by atoms with Crippen LogP contribution in [-0.2, 0) is 9.53 Å². The third kappa shape index (κ3) is 4.19. The summed E-state index contributed by atoms with van der Waals surface area (Å²) in [5.74, 6) is 0.121. The summed E-state index contributed by atoms with van der Waals surface area (Å²) < 4.78 is 6.67. The van der Waals surface area contributed by atoms with Crippen LogP contribution in [-0.4, -0.2) is 63.3 Å². The molecule has 1 heterocycles. The maximum Gasteiger partial charge on any atom is 0.133 e. The van der Waals surface area contributed by atoms with Crippen LogP contribution in [0.4, 0.5) is 0 Å². The van der Waals surface area contributed by atoms with Gasteiger partial charge in [-0.2, -0.15) is 0 Å². The third-order valence-electron chi connectivity index (χ3n) is 11.0. The number of hydrogen-bond acceptors (Lipinski definition) is 6. The van der Waals surface area contributed by atoms with Gasteiger partial charge in [-0.05, 0) is 72.0 Å². The number of ether oxygens (including phenoxy) is 1. The van der Waals surface area contributed by atoms with Gasteiger partial charge in [0.25, 0.3) is 0 Å². The molecule has 4 N–H and O–H groups in total. The summed E-state index contributed by atoms with van der Waals surface area (Å²) in [5, 5.41) is 45.3. The first-order valence-corrected chi connectivity index (χ1v) is 13.8. The summed E-state index contributed by atoms with van der Waals surface area (Å²) in [7, 11) is 0. The molecule has 4 rings (SSSR count). The van der Waals surface area contributed by atoms with Crippen LogP contribution in [0.15, 0.2) is 0 Å². The molecule has 0 aromatic heterocycles. The third-order valence-corrected chi connectivity index (χ3v) is 11.0. The number of fused-ring (bicyclic) bond motifs is 5. The van der Waals surface area contributed by atoms with E-state index in [0.717, 1.165) is 19.3 Å². The number of aliphatic hydroxyl groups is 4. The fourth-order valence-corrected chi connectivity index (χ4v) is 8.63. The van der Waals surface area contributed by atoms with Crippen LogP contribution in [0.2, 0.25) is 0 Å². The average molecular weight is 481 g/mol. The second kappa shape index (κ2) is 9.74. The highest BCUT2D eigenvalue weighted by Crippen LogP contribution is 2.64. The maximum atomic E-state index is 12.5. The molecule has 1 aliphatic heterocycles. The molecule has 14 atom stereocenters. The topological polar surface area (TPSA) is 107 Å². The van der Waals surface area contributed by atoms with Gasteiger partial charge in [0.05, 0.1) is 37.1 Å². The predicted molar refractivity (Wildman–Crippen MR) is 130 cm³/mol. The Kier molecular flexibility index (Phi) is 7.60. The number of rotatable bonds is 5. The van der Waals surface area contributed by atoms with E-state index >= 15 is 0 Å². The second-order valence-corrected chi connectivity index (χ2v) is 13.1. The van der Waals surface area contributed by atoms with E-state index in [2.05, 4.69) is 27.7 Å². The first-order chi connectivity index (χ1) is 15.9. The highest BCUT2D eigenvalue weighted by Gasteiger charge is 2.65. The van der Waals surface area contributed by atoms with Gasteiger partial charge in [0.1, 0.15) is 5.78 Å². The number of aliphatic hydroxyl groups excluding tert-OH is 4. The lowest BCUT2D eigenvalue weighted by Gasteiger charge is -2.58. The van der Waals surface area contributed by atoms with Crippen molar-refractivity contribution in [2.45, 2.75) is 104 Å². The smallest absolute Gasteiger partial charge is 0.133 e. The maximum absolute atomic E-state index is 12.5. The summed E-state index contributed by atoms with van der Waals surface area (Å²) in [6, 6.07) is 0. The van der Waals surface area contributed by atoms with Crippen molar-refractivity contribution in [2.24, 2.45) is 58.7 Å². The van der Waals surface area contributed by atoms with Crippen LogP contribution >= 0.6 is 0 Å². The van der Waals surface area contributed by atoms with Gasteiger partial charge in [0.2, 0.25) is 0 Å². The van der Waals surface area contributed by atoms with Gasteiger partial charge in [0.15, 0.2) is 0 Å². The monoisotopic (exact) mass is 480 g/mol. The molecule has 0 amide bonds. The van der Waals surface area contributed by atoms with Crippen LogP contribution in [0.3, 0.4) is 0 Å². The summed E-state index contributed by atoms with van der Waals surface area (Å²) >= 11 is 0. The van der Waals surface area contributed by atoms with Crippen LogP contribution in [0.1, 0.15) is 73.6 Å². The van der Waals surface area contributed by atoms with Crippen LogP contribution in [0, 0.1) is 58.7 Å². The Balaban J connectivity index is 1.76. The van der Waals surface area contributed by atoms with Gasteiger partial charge < -0.3 is 25.2 Å². The van der Waals surface area contributed by atoms with Crippen LogP contribution in [0.5, 0.6) is 0 Å². The van der Waals surface area contributed by atoms with Crippen molar-refractivity contribution < 1.29 is 30.0 Å². The van der Waals surface area contributed by atoms with Crippen molar-refractivity contribution in [1.82, 2.24) is 0 Å². The van der Waals surface area contributed by atoms with Crippen molar-refractivity contribution in [3.05, 3.63) is 0 Å². The Morgan fingerprint density at radius 3 is 2.32 bits per heavy atom. The van der Waals surface area contributed by atoms with E-state index in [9.17, 15) is 25.2 Å². The van der Waals surface area contributed by atoms with E-state index in [0.29, 0.717) is 19.4 Å². The molecule has 4 aliphatic rings. The molecule has 0 bridgehead atoms. The molecular weight excluding hydrogens is 432 g/mol. The van der Waals surface area contributed by atoms with Gasteiger partial charge in [0, 0.05) is 18.8 Å². The number of Topliss-reactive ketones (excluding diaryl/α,β-unsaturated/α-hetero) is 1. The molecule has 0 radical (unpaired) electrons. The summed E-state index contributed by atoms with van der Waals surface area (Å²) in [6.07, 6.45) is -0.235. The molecule has 3 aliphatic carbocycles. The molecule has 34 heavy (non-hydrogen) atoms. The Labute approximate surface area is 205 Å². The van der Waals surface area contributed by atoms with E-state index in [1.165, 1.54) is 0 Å². The highest BCUT2D eigenvalue weighted by atomic mass is 16.5. The second-order valence-electron chi connectivity index (χ2n) is 13.1. The molecule has 0 spiro atoms. The minimum atomic E-state index is -0.949. The molecule has 196 valence electrons. The SMILES string of the molecule is CC(C)[C@@H](C)[C@@H](O)[C@H](O)[C@H](C)[C@@H]1OC[C@H]2CCC(=O)C[C@@H]2[C@H]2[C@H](O)[C@H](O)[C@@H]3[C@H](C)CC[C@]3(C)[C@H]12. The van der Waals surface area contributed by atoms with Crippen molar-refractivity contribution in [2.75, 3.05) is 6.61 Å². The molecule has 6 nitrogen and oxygen atoms in total. The zero-order valence-corrected chi connectivity index (χ0v) is 21.9. The van der Waals surface area contributed by atoms with Crippen molar-refractivity contribution in [1.29, 1.82) is 0 Å². The Bertz CT molecular complexity index is 740. The van der Waals surface area contributed by atoms with E-state index < -0.39 is 24.4 Å². The molecule has 1 saturated heterocycles. The number of carbonyl (C=O) groups excluding carboxylic acids is 1. The minimum absolute atomic E-state index is 0.0153. The number of hydrogen-bond donors (Lipinski definition) is 4.